The van der Waals surface area contributed by atoms with Gasteiger partial charge in [-0.2, -0.15) is 0 Å². The van der Waals surface area contributed by atoms with Crippen molar-refractivity contribution in [3.05, 3.63) is 63.6 Å². The van der Waals surface area contributed by atoms with Crippen molar-refractivity contribution < 1.29 is 19.5 Å². The number of carbonyl (C=O) groups excluding carboxylic acids is 3. The van der Waals surface area contributed by atoms with Crippen LogP contribution in [-0.2, 0) is 21.7 Å². The molecule has 0 saturated heterocycles. The first-order valence-electron chi connectivity index (χ1n) is 7.76. The number of hydrogen-bond acceptors (Lipinski definition) is 4. The molecule has 0 spiro atoms. The molecular weight excluding hydrogens is 402 g/mol. The number of nitrogens with two attached hydrogens (primary N) is 1. The summed E-state index contributed by atoms with van der Waals surface area (Å²) < 4.78 is 0.797. The lowest BCUT2D eigenvalue weighted by Crippen LogP contribution is -2.58. The quantitative estimate of drug-likeness (QED) is 0.613. The highest BCUT2D eigenvalue weighted by atomic mass is 79.9. The summed E-state index contributed by atoms with van der Waals surface area (Å²) in [6.45, 7) is 0.0750. The summed E-state index contributed by atoms with van der Waals surface area (Å²) in [4.78, 5) is 37.6. The summed E-state index contributed by atoms with van der Waals surface area (Å²) in [5.41, 5.74) is 5.62. The molecule has 7 nitrogen and oxygen atoms in total. The largest absolute Gasteiger partial charge is 0.508 e. The molecule has 134 valence electrons. The van der Waals surface area contributed by atoms with Gasteiger partial charge in [0.2, 0.25) is 12.3 Å². The Morgan fingerprint density at radius 3 is 2.62 bits per heavy atom. The van der Waals surface area contributed by atoms with E-state index in [2.05, 4.69) is 21.2 Å². The van der Waals surface area contributed by atoms with Crippen LogP contribution in [0.3, 0.4) is 0 Å². The Labute approximate surface area is 157 Å². The number of phenolic OH excluding ortho intramolecular Hbond substituents is 1. The minimum Gasteiger partial charge on any atom is -0.508 e. The van der Waals surface area contributed by atoms with Gasteiger partial charge in [0.25, 0.3) is 5.91 Å². The maximum atomic E-state index is 12.7. The molecule has 1 aliphatic heterocycles. The Bertz CT molecular complexity index is 885. The van der Waals surface area contributed by atoms with Crippen LogP contribution in [0, 0.1) is 0 Å². The number of halogens is 1. The highest BCUT2D eigenvalue weighted by Crippen LogP contribution is 2.31. The minimum atomic E-state index is -1.57. The van der Waals surface area contributed by atoms with Crippen molar-refractivity contribution in [3.8, 4) is 5.75 Å². The molecule has 1 heterocycles. The van der Waals surface area contributed by atoms with Gasteiger partial charge in [-0.1, -0.05) is 28.1 Å². The molecule has 2 aromatic rings. The molecule has 3 rings (SSSR count). The van der Waals surface area contributed by atoms with Crippen molar-refractivity contribution in [3.63, 3.8) is 0 Å². The molecule has 1 aliphatic rings. The first kappa shape index (κ1) is 17.9. The molecular formula is C18H16BrN3O4. The second-order valence-corrected chi connectivity index (χ2v) is 6.96. The van der Waals surface area contributed by atoms with Gasteiger partial charge in [0, 0.05) is 16.6 Å². The lowest BCUT2D eigenvalue weighted by molar-refractivity contribution is -0.128. The zero-order valence-corrected chi connectivity index (χ0v) is 15.2. The molecule has 2 aromatic carbocycles. The van der Waals surface area contributed by atoms with Crippen LogP contribution in [0.2, 0.25) is 0 Å². The van der Waals surface area contributed by atoms with Gasteiger partial charge in [-0.3, -0.25) is 14.4 Å². The molecule has 0 radical (unpaired) electrons. The van der Waals surface area contributed by atoms with Gasteiger partial charge >= 0.3 is 0 Å². The van der Waals surface area contributed by atoms with E-state index in [0.717, 1.165) is 4.47 Å². The minimum absolute atomic E-state index is 0.0542. The Hall–Kier alpha value is -2.87. The van der Waals surface area contributed by atoms with Crippen molar-refractivity contribution in [1.82, 2.24) is 10.2 Å². The molecule has 0 saturated carbocycles. The van der Waals surface area contributed by atoms with Crippen LogP contribution in [-0.4, -0.2) is 34.8 Å². The van der Waals surface area contributed by atoms with E-state index in [-0.39, 0.29) is 24.7 Å². The lowest BCUT2D eigenvalue weighted by Gasteiger charge is -2.34. The zero-order chi connectivity index (χ0) is 18.9. The van der Waals surface area contributed by atoms with Crippen LogP contribution >= 0.6 is 15.9 Å². The average Bonchev–Trinajstić information content (AvgIpc) is 2.89. The maximum absolute atomic E-state index is 12.7. The van der Waals surface area contributed by atoms with E-state index < -0.39 is 11.4 Å². The van der Waals surface area contributed by atoms with Gasteiger partial charge in [0.1, 0.15) is 5.75 Å². The lowest BCUT2D eigenvalue weighted by atomic mass is 9.88. The fourth-order valence-corrected chi connectivity index (χ4v) is 3.39. The number of carbonyl (C=O) groups is 3. The number of nitrogens with one attached hydrogen (secondary N) is 1. The van der Waals surface area contributed by atoms with Crippen LogP contribution in [0.1, 0.15) is 21.5 Å². The monoisotopic (exact) mass is 417 g/mol. The molecule has 0 aliphatic carbocycles. The van der Waals surface area contributed by atoms with E-state index in [0.29, 0.717) is 23.1 Å². The van der Waals surface area contributed by atoms with E-state index in [1.807, 2.05) is 0 Å². The summed E-state index contributed by atoms with van der Waals surface area (Å²) in [5, 5.41) is 12.1. The van der Waals surface area contributed by atoms with Crippen LogP contribution < -0.4 is 11.1 Å². The van der Waals surface area contributed by atoms with E-state index in [1.54, 1.807) is 24.3 Å². The summed E-state index contributed by atoms with van der Waals surface area (Å²) >= 11 is 3.32. The van der Waals surface area contributed by atoms with Gasteiger partial charge in [-0.05, 0) is 41.5 Å². The topological polar surface area (TPSA) is 113 Å². The fourth-order valence-electron chi connectivity index (χ4n) is 3.13. The summed E-state index contributed by atoms with van der Waals surface area (Å²) in [5.74, 6) is -1.02. The number of phenols is 1. The van der Waals surface area contributed by atoms with Gasteiger partial charge in [0.15, 0.2) is 5.54 Å². The van der Waals surface area contributed by atoms with Gasteiger partial charge in [-0.25, -0.2) is 0 Å². The Morgan fingerprint density at radius 1 is 1.31 bits per heavy atom. The molecule has 0 bridgehead atoms. The van der Waals surface area contributed by atoms with Crippen molar-refractivity contribution in [2.75, 3.05) is 6.54 Å². The standard InChI is InChI=1S/C18H16BrN3O4/c19-13-3-1-12(2-4-13)18(17(20)26,21-10-23)9-22-8-11-7-14(24)5-6-15(11)16(22)25/h1-7,10,24H,8-9H2,(H2,20,26)(H,21,23)/t18-/m0/s1. The van der Waals surface area contributed by atoms with Crippen LogP contribution in [0.25, 0.3) is 0 Å². The number of rotatable bonds is 6. The van der Waals surface area contributed by atoms with Gasteiger partial charge < -0.3 is 21.1 Å². The molecule has 1 atom stereocenters. The number of fused-ring (bicyclic) bond motifs is 1. The molecule has 3 amide bonds. The highest BCUT2D eigenvalue weighted by molar-refractivity contribution is 9.10. The maximum Gasteiger partial charge on any atom is 0.254 e. The summed E-state index contributed by atoms with van der Waals surface area (Å²) in [6.07, 6.45) is 0.395. The average molecular weight is 418 g/mol. The predicted octanol–water partition coefficient (Wildman–Crippen LogP) is 1.24. The fraction of sp³-hybridized carbons (Fsp3) is 0.167. The van der Waals surface area contributed by atoms with Crippen molar-refractivity contribution >= 4 is 34.2 Å². The van der Waals surface area contributed by atoms with E-state index in [9.17, 15) is 19.5 Å². The van der Waals surface area contributed by atoms with Crippen molar-refractivity contribution in [2.45, 2.75) is 12.1 Å². The van der Waals surface area contributed by atoms with Crippen LogP contribution in [0.5, 0.6) is 5.75 Å². The molecule has 0 fully saturated rings. The van der Waals surface area contributed by atoms with Gasteiger partial charge in [-0.15, -0.1) is 0 Å². The molecule has 0 aromatic heterocycles. The Morgan fingerprint density at radius 2 is 2.00 bits per heavy atom. The number of nitrogens with zero attached hydrogens (tertiary/aromatic N) is 1. The summed E-state index contributed by atoms with van der Waals surface area (Å²) in [7, 11) is 0. The number of hydrogen-bond donors (Lipinski definition) is 3. The number of benzene rings is 2. The number of primary amides is 1. The third-order valence-electron chi connectivity index (χ3n) is 4.46. The number of aromatic hydroxyl groups is 1. The third-order valence-corrected chi connectivity index (χ3v) is 4.99. The second kappa shape index (κ2) is 6.80. The highest BCUT2D eigenvalue weighted by Gasteiger charge is 2.43. The SMILES string of the molecule is NC(=O)[C@@](CN1Cc2cc(O)ccc2C1=O)(NC=O)c1ccc(Br)cc1. The van der Waals surface area contributed by atoms with E-state index in [4.69, 9.17) is 5.73 Å². The third kappa shape index (κ3) is 3.03. The Kier molecular flexibility index (Phi) is 4.69. The second-order valence-electron chi connectivity index (χ2n) is 6.04. The Balaban J connectivity index is 1.99. The summed E-state index contributed by atoms with van der Waals surface area (Å²) in [6, 6.07) is 11.2. The molecule has 0 unspecified atom stereocenters. The molecule has 8 heteroatoms. The van der Waals surface area contributed by atoms with Crippen molar-refractivity contribution in [1.29, 1.82) is 0 Å². The normalized spacial score (nSPS) is 15.3. The zero-order valence-electron chi connectivity index (χ0n) is 13.6. The molecule has 26 heavy (non-hydrogen) atoms. The van der Waals surface area contributed by atoms with E-state index in [1.165, 1.54) is 23.1 Å². The van der Waals surface area contributed by atoms with Crippen molar-refractivity contribution in [2.24, 2.45) is 5.73 Å². The predicted molar refractivity (Wildman–Crippen MR) is 97.1 cm³/mol. The number of amides is 3. The first-order valence-corrected chi connectivity index (χ1v) is 8.55. The van der Waals surface area contributed by atoms with E-state index >= 15 is 0 Å². The van der Waals surface area contributed by atoms with Crippen LogP contribution in [0.15, 0.2) is 46.9 Å². The first-order chi connectivity index (χ1) is 12.4. The molecule has 4 N–H and O–H groups in total. The smallest absolute Gasteiger partial charge is 0.254 e. The van der Waals surface area contributed by atoms with Gasteiger partial charge in [0.05, 0.1) is 6.54 Å². The van der Waals surface area contributed by atoms with Crippen LogP contribution in [0.4, 0.5) is 0 Å².